The second kappa shape index (κ2) is 6.55. The van der Waals surface area contributed by atoms with Gasteiger partial charge in [0.2, 0.25) is 0 Å². The summed E-state index contributed by atoms with van der Waals surface area (Å²) >= 11 is 0. The van der Waals surface area contributed by atoms with Crippen LogP contribution in [0.3, 0.4) is 0 Å². The molecule has 2 unspecified atom stereocenters. The van der Waals surface area contributed by atoms with Crippen LogP contribution in [0, 0.1) is 18.7 Å². The van der Waals surface area contributed by atoms with Gasteiger partial charge in [0.15, 0.2) is 0 Å². The number of rotatable bonds is 4. The van der Waals surface area contributed by atoms with Crippen LogP contribution < -0.4 is 5.32 Å². The van der Waals surface area contributed by atoms with E-state index in [0.29, 0.717) is 5.69 Å². The van der Waals surface area contributed by atoms with Gasteiger partial charge in [-0.25, -0.2) is 9.18 Å². The van der Waals surface area contributed by atoms with Gasteiger partial charge in [-0.3, -0.25) is 0 Å². The van der Waals surface area contributed by atoms with Crippen molar-refractivity contribution >= 4 is 11.7 Å². The fourth-order valence-electron chi connectivity index (χ4n) is 2.62. The lowest BCUT2D eigenvalue weighted by atomic mass is 9.87. The number of nitrogens with one attached hydrogen (secondary N) is 1. The van der Waals surface area contributed by atoms with Crippen LogP contribution in [0.5, 0.6) is 0 Å². The predicted octanol–water partition coefficient (Wildman–Crippen LogP) is 3.44. The first kappa shape index (κ1) is 14.6. The molecule has 4 heteroatoms. The summed E-state index contributed by atoms with van der Waals surface area (Å²) in [6, 6.07) is 4.26. The molecule has 0 aromatic heterocycles. The average molecular weight is 277 g/mol. The molecule has 1 aromatic rings. The first-order valence-electron chi connectivity index (χ1n) is 6.86. The predicted molar refractivity (Wildman–Crippen MR) is 77.0 cm³/mol. The highest BCUT2D eigenvalue weighted by molar-refractivity contribution is 5.79. The number of carbonyl (C=O) groups excluding carboxylic acids is 1. The Bertz CT molecular complexity index is 493. The molecule has 1 aromatic carbocycles. The van der Waals surface area contributed by atoms with E-state index in [0.717, 1.165) is 24.8 Å². The summed E-state index contributed by atoms with van der Waals surface area (Å²) in [6.07, 6.45) is 6.93. The van der Waals surface area contributed by atoms with Gasteiger partial charge < -0.3 is 10.1 Å². The summed E-state index contributed by atoms with van der Waals surface area (Å²) in [5.74, 6) is -0.428. The molecular formula is C16H20FNO2. The Labute approximate surface area is 118 Å². The molecule has 2 rings (SSSR count). The Morgan fingerprint density at radius 2 is 2.20 bits per heavy atom. The number of anilines is 1. The molecule has 0 spiro atoms. The molecule has 2 atom stereocenters. The third kappa shape index (κ3) is 3.59. The second-order valence-corrected chi connectivity index (χ2v) is 5.21. The molecule has 0 saturated heterocycles. The van der Waals surface area contributed by atoms with Crippen LogP contribution in [-0.2, 0) is 9.53 Å². The van der Waals surface area contributed by atoms with E-state index in [1.54, 1.807) is 0 Å². The minimum Gasteiger partial charge on any atom is -0.467 e. The lowest BCUT2D eigenvalue weighted by Crippen LogP contribution is -2.38. The minimum atomic E-state index is -0.439. The van der Waals surface area contributed by atoms with Crippen LogP contribution in [0.1, 0.15) is 24.8 Å². The van der Waals surface area contributed by atoms with Crippen LogP contribution in [0.25, 0.3) is 0 Å². The van der Waals surface area contributed by atoms with Gasteiger partial charge in [-0.15, -0.1) is 0 Å². The van der Waals surface area contributed by atoms with Gasteiger partial charge in [-0.1, -0.05) is 12.2 Å². The number of allylic oxidation sites excluding steroid dienone is 2. The van der Waals surface area contributed by atoms with E-state index in [4.69, 9.17) is 4.74 Å². The number of ether oxygens (including phenoxy) is 1. The SMILES string of the molecule is COC(=O)C(Nc1cc(C)cc(F)c1)C1CC=CCC1. The number of halogens is 1. The van der Waals surface area contributed by atoms with E-state index in [-0.39, 0.29) is 17.7 Å². The number of methoxy groups -OCH3 is 1. The van der Waals surface area contributed by atoms with Crippen molar-refractivity contribution < 1.29 is 13.9 Å². The lowest BCUT2D eigenvalue weighted by Gasteiger charge is -2.27. The molecule has 0 heterocycles. The van der Waals surface area contributed by atoms with E-state index in [2.05, 4.69) is 17.5 Å². The van der Waals surface area contributed by atoms with Crippen molar-refractivity contribution in [3.63, 3.8) is 0 Å². The highest BCUT2D eigenvalue weighted by atomic mass is 19.1. The number of carbonyl (C=O) groups is 1. The molecule has 0 fully saturated rings. The van der Waals surface area contributed by atoms with Crippen LogP contribution in [0.15, 0.2) is 30.4 Å². The quantitative estimate of drug-likeness (QED) is 0.676. The van der Waals surface area contributed by atoms with Crippen molar-refractivity contribution in [2.24, 2.45) is 5.92 Å². The van der Waals surface area contributed by atoms with Crippen molar-refractivity contribution in [2.45, 2.75) is 32.2 Å². The van der Waals surface area contributed by atoms with Gasteiger partial charge in [0.05, 0.1) is 7.11 Å². The van der Waals surface area contributed by atoms with Crippen LogP contribution in [0.4, 0.5) is 10.1 Å². The molecule has 108 valence electrons. The third-order valence-electron chi connectivity index (χ3n) is 3.60. The van der Waals surface area contributed by atoms with Gasteiger partial charge in [0.1, 0.15) is 11.9 Å². The zero-order valence-corrected chi connectivity index (χ0v) is 11.9. The highest BCUT2D eigenvalue weighted by Gasteiger charge is 2.29. The number of benzene rings is 1. The van der Waals surface area contributed by atoms with Crippen LogP contribution in [0.2, 0.25) is 0 Å². The Kier molecular flexibility index (Phi) is 4.77. The maximum atomic E-state index is 13.4. The van der Waals surface area contributed by atoms with Gasteiger partial charge in [-0.05, 0) is 55.9 Å². The second-order valence-electron chi connectivity index (χ2n) is 5.21. The first-order valence-corrected chi connectivity index (χ1v) is 6.86. The van der Waals surface area contributed by atoms with E-state index < -0.39 is 6.04 Å². The van der Waals surface area contributed by atoms with E-state index in [9.17, 15) is 9.18 Å². The summed E-state index contributed by atoms with van der Waals surface area (Å²) in [7, 11) is 1.38. The highest BCUT2D eigenvalue weighted by Crippen LogP contribution is 2.26. The Morgan fingerprint density at radius 1 is 1.40 bits per heavy atom. The molecule has 0 radical (unpaired) electrons. The number of hydrogen-bond donors (Lipinski definition) is 1. The smallest absolute Gasteiger partial charge is 0.328 e. The molecule has 0 bridgehead atoms. The molecule has 1 N–H and O–H groups in total. The summed E-state index contributed by atoms with van der Waals surface area (Å²) in [4.78, 5) is 12.0. The van der Waals surface area contributed by atoms with Crippen molar-refractivity contribution in [1.82, 2.24) is 0 Å². The fourth-order valence-corrected chi connectivity index (χ4v) is 2.62. The zero-order chi connectivity index (χ0) is 14.5. The fraction of sp³-hybridized carbons (Fsp3) is 0.438. The van der Waals surface area contributed by atoms with E-state index in [1.165, 1.54) is 19.2 Å². The largest absolute Gasteiger partial charge is 0.467 e. The zero-order valence-electron chi connectivity index (χ0n) is 11.9. The normalized spacial score (nSPS) is 19.4. The molecular weight excluding hydrogens is 257 g/mol. The van der Waals surface area contributed by atoms with Crippen molar-refractivity contribution in [2.75, 3.05) is 12.4 Å². The molecule has 1 aliphatic rings. The van der Waals surface area contributed by atoms with E-state index in [1.807, 2.05) is 13.0 Å². The molecule has 3 nitrogen and oxygen atoms in total. The average Bonchev–Trinajstić information content (AvgIpc) is 2.44. The summed E-state index contributed by atoms with van der Waals surface area (Å²) in [5, 5.41) is 3.13. The van der Waals surface area contributed by atoms with Gasteiger partial charge >= 0.3 is 5.97 Å². The molecule has 20 heavy (non-hydrogen) atoms. The van der Waals surface area contributed by atoms with Gasteiger partial charge in [-0.2, -0.15) is 0 Å². The van der Waals surface area contributed by atoms with Crippen molar-refractivity contribution in [1.29, 1.82) is 0 Å². The molecule has 0 amide bonds. The maximum absolute atomic E-state index is 13.4. The van der Waals surface area contributed by atoms with Crippen LogP contribution in [-0.4, -0.2) is 19.1 Å². The van der Waals surface area contributed by atoms with Crippen molar-refractivity contribution in [3.05, 3.63) is 41.7 Å². The number of hydrogen-bond acceptors (Lipinski definition) is 3. The van der Waals surface area contributed by atoms with Crippen LogP contribution >= 0.6 is 0 Å². The Hall–Kier alpha value is -1.84. The third-order valence-corrected chi connectivity index (χ3v) is 3.60. The lowest BCUT2D eigenvalue weighted by molar-refractivity contribution is -0.142. The maximum Gasteiger partial charge on any atom is 0.328 e. The summed E-state index contributed by atoms with van der Waals surface area (Å²) < 4.78 is 18.3. The minimum absolute atomic E-state index is 0.177. The topological polar surface area (TPSA) is 38.3 Å². The number of aryl methyl sites for hydroxylation is 1. The van der Waals surface area contributed by atoms with Gasteiger partial charge in [0.25, 0.3) is 0 Å². The van der Waals surface area contributed by atoms with E-state index >= 15 is 0 Å². The molecule has 0 saturated carbocycles. The standard InChI is InChI=1S/C16H20FNO2/c1-11-8-13(17)10-14(9-11)18-15(16(19)20-2)12-6-4-3-5-7-12/h3-4,8-10,12,15,18H,5-7H2,1-2H3. The molecule has 0 aliphatic heterocycles. The summed E-state index contributed by atoms with van der Waals surface area (Å²) in [5.41, 5.74) is 1.44. The Morgan fingerprint density at radius 3 is 2.80 bits per heavy atom. The van der Waals surface area contributed by atoms with Crippen molar-refractivity contribution in [3.8, 4) is 0 Å². The molecule has 1 aliphatic carbocycles. The Balaban J connectivity index is 2.18. The first-order chi connectivity index (χ1) is 9.60. The monoisotopic (exact) mass is 277 g/mol. The number of esters is 1. The summed E-state index contributed by atoms with van der Waals surface area (Å²) in [6.45, 7) is 1.82. The van der Waals surface area contributed by atoms with Gasteiger partial charge in [0, 0.05) is 5.69 Å².